The summed E-state index contributed by atoms with van der Waals surface area (Å²) in [4.78, 5) is 25.4. The molecule has 2 amide bonds. The van der Waals surface area contributed by atoms with Crippen LogP contribution < -0.4 is 5.32 Å². The van der Waals surface area contributed by atoms with Gasteiger partial charge in [-0.15, -0.1) is 0 Å². The van der Waals surface area contributed by atoms with E-state index in [0.717, 1.165) is 24.9 Å². The lowest BCUT2D eigenvalue weighted by Gasteiger charge is -2.15. The zero-order valence-electron chi connectivity index (χ0n) is 12.2. The van der Waals surface area contributed by atoms with Crippen molar-refractivity contribution in [1.29, 1.82) is 0 Å². The Morgan fingerprint density at radius 3 is 2.50 bits per heavy atom. The van der Waals surface area contributed by atoms with Crippen LogP contribution in [0.4, 0.5) is 5.69 Å². The SMILES string of the molecule is CCCCN1C(=O)C[C@@H](Nc2ccc(CC)cc2)C1=O. The number of hydrogen-bond donors (Lipinski definition) is 1. The van der Waals surface area contributed by atoms with Gasteiger partial charge in [-0.1, -0.05) is 32.4 Å². The fourth-order valence-corrected chi connectivity index (χ4v) is 2.38. The molecule has 1 atom stereocenters. The summed E-state index contributed by atoms with van der Waals surface area (Å²) in [5, 5.41) is 3.17. The first-order chi connectivity index (χ1) is 9.65. The maximum absolute atomic E-state index is 12.2. The predicted octanol–water partition coefficient (Wildman–Crippen LogP) is 2.59. The van der Waals surface area contributed by atoms with Crippen LogP contribution in [0, 0.1) is 0 Å². The quantitative estimate of drug-likeness (QED) is 0.811. The Morgan fingerprint density at radius 1 is 1.20 bits per heavy atom. The smallest absolute Gasteiger partial charge is 0.252 e. The molecular weight excluding hydrogens is 252 g/mol. The molecule has 1 saturated heterocycles. The lowest BCUT2D eigenvalue weighted by Crippen LogP contribution is -2.35. The number of nitrogens with one attached hydrogen (secondary N) is 1. The summed E-state index contributed by atoms with van der Waals surface area (Å²) in [6, 6.07) is 7.60. The van der Waals surface area contributed by atoms with Crippen molar-refractivity contribution in [3.63, 3.8) is 0 Å². The van der Waals surface area contributed by atoms with Crippen molar-refractivity contribution >= 4 is 17.5 Å². The highest BCUT2D eigenvalue weighted by molar-refractivity contribution is 6.06. The van der Waals surface area contributed by atoms with E-state index in [9.17, 15) is 9.59 Å². The highest BCUT2D eigenvalue weighted by Gasteiger charge is 2.37. The van der Waals surface area contributed by atoms with Crippen LogP contribution in [0.15, 0.2) is 24.3 Å². The largest absolute Gasteiger partial charge is 0.373 e. The number of likely N-dealkylation sites (tertiary alicyclic amines) is 1. The maximum atomic E-state index is 12.2. The van der Waals surface area contributed by atoms with Crippen molar-refractivity contribution in [3.05, 3.63) is 29.8 Å². The van der Waals surface area contributed by atoms with Crippen molar-refractivity contribution in [2.75, 3.05) is 11.9 Å². The van der Waals surface area contributed by atoms with E-state index >= 15 is 0 Å². The van der Waals surface area contributed by atoms with Crippen LogP contribution in [0.5, 0.6) is 0 Å². The average molecular weight is 274 g/mol. The second-order valence-electron chi connectivity index (χ2n) is 5.19. The fraction of sp³-hybridized carbons (Fsp3) is 0.500. The molecule has 4 nitrogen and oxygen atoms in total. The lowest BCUT2D eigenvalue weighted by atomic mass is 10.1. The summed E-state index contributed by atoms with van der Waals surface area (Å²) in [7, 11) is 0. The molecule has 1 heterocycles. The van der Waals surface area contributed by atoms with Crippen LogP contribution >= 0.6 is 0 Å². The molecule has 1 aromatic carbocycles. The summed E-state index contributed by atoms with van der Waals surface area (Å²) in [5.41, 5.74) is 2.15. The van der Waals surface area contributed by atoms with Crippen LogP contribution in [0.3, 0.4) is 0 Å². The van der Waals surface area contributed by atoms with Gasteiger partial charge < -0.3 is 5.32 Å². The number of imide groups is 1. The third-order valence-corrected chi connectivity index (χ3v) is 3.68. The maximum Gasteiger partial charge on any atom is 0.252 e. The number of amides is 2. The zero-order chi connectivity index (χ0) is 14.5. The van der Waals surface area contributed by atoms with Gasteiger partial charge in [0.15, 0.2) is 0 Å². The Balaban J connectivity index is 1.99. The minimum Gasteiger partial charge on any atom is -0.373 e. The van der Waals surface area contributed by atoms with Gasteiger partial charge in [-0.25, -0.2) is 0 Å². The van der Waals surface area contributed by atoms with Gasteiger partial charge in [0.2, 0.25) is 5.91 Å². The summed E-state index contributed by atoms with van der Waals surface area (Å²) >= 11 is 0. The molecule has 4 heteroatoms. The van der Waals surface area contributed by atoms with Crippen molar-refractivity contribution in [1.82, 2.24) is 4.90 Å². The first-order valence-corrected chi connectivity index (χ1v) is 7.35. The van der Waals surface area contributed by atoms with Crippen LogP contribution in [0.1, 0.15) is 38.7 Å². The zero-order valence-corrected chi connectivity index (χ0v) is 12.2. The summed E-state index contributed by atoms with van der Waals surface area (Å²) in [6.45, 7) is 4.70. The van der Waals surface area contributed by atoms with Gasteiger partial charge in [-0.05, 0) is 30.5 Å². The molecule has 108 valence electrons. The first-order valence-electron chi connectivity index (χ1n) is 7.35. The van der Waals surface area contributed by atoms with Crippen LogP contribution in [-0.4, -0.2) is 29.3 Å². The van der Waals surface area contributed by atoms with Crippen molar-refractivity contribution in [2.45, 2.75) is 45.6 Å². The average Bonchev–Trinajstić information content (AvgIpc) is 2.72. The Bertz CT molecular complexity index is 482. The minimum absolute atomic E-state index is 0.0638. The van der Waals surface area contributed by atoms with Gasteiger partial charge in [-0.3, -0.25) is 14.5 Å². The molecule has 0 aliphatic carbocycles. The van der Waals surface area contributed by atoms with Gasteiger partial charge in [0, 0.05) is 12.2 Å². The van der Waals surface area contributed by atoms with E-state index in [2.05, 4.69) is 19.2 Å². The van der Waals surface area contributed by atoms with E-state index in [0.29, 0.717) is 6.54 Å². The molecular formula is C16H22N2O2. The highest BCUT2D eigenvalue weighted by atomic mass is 16.2. The van der Waals surface area contributed by atoms with Crippen LogP contribution in [0.25, 0.3) is 0 Å². The van der Waals surface area contributed by atoms with E-state index in [1.54, 1.807) is 0 Å². The summed E-state index contributed by atoms with van der Waals surface area (Å²) < 4.78 is 0. The van der Waals surface area contributed by atoms with E-state index < -0.39 is 6.04 Å². The number of benzene rings is 1. The molecule has 0 spiro atoms. The number of carbonyl (C=O) groups excluding carboxylic acids is 2. The number of aryl methyl sites for hydroxylation is 1. The standard InChI is InChI=1S/C16H22N2O2/c1-3-5-10-18-15(19)11-14(16(18)20)17-13-8-6-12(4-2)7-9-13/h6-9,14,17H,3-5,10-11H2,1-2H3/t14-/m1/s1. The molecule has 2 rings (SSSR count). The molecule has 1 fully saturated rings. The number of anilines is 1. The Labute approximate surface area is 120 Å². The second-order valence-corrected chi connectivity index (χ2v) is 5.19. The summed E-state index contributed by atoms with van der Waals surface area (Å²) in [5.74, 6) is -0.158. The molecule has 1 aliphatic heterocycles. The van der Waals surface area contributed by atoms with Crippen LogP contribution in [0.2, 0.25) is 0 Å². The number of nitrogens with zero attached hydrogens (tertiary/aromatic N) is 1. The third kappa shape index (κ3) is 3.18. The van der Waals surface area contributed by atoms with Crippen LogP contribution in [-0.2, 0) is 16.0 Å². The monoisotopic (exact) mass is 274 g/mol. The highest BCUT2D eigenvalue weighted by Crippen LogP contribution is 2.19. The van der Waals surface area contributed by atoms with E-state index in [1.807, 2.05) is 24.3 Å². The van der Waals surface area contributed by atoms with Gasteiger partial charge in [-0.2, -0.15) is 0 Å². The Morgan fingerprint density at radius 2 is 1.90 bits per heavy atom. The molecule has 20 heavy (non-hydrogen) atoms. The molecule has 1 N–H and O–H groups in total. The topological polar surface area (TPSA) is 49.4 Å². The fourth-order valence-electron chi connectivity index (χ4n) is 2.38. The van der Waals surface area contributed by atoms with Crippen molar-refractivity contribution < 1.29 is 9.59 Å². The van der Waals surface area contributed by atoms with Gasteiger partial charge >= 0.3 is 0 Å². The summed E-state index contributed by atoms with van der Waals surface area (Å²) in [6.07, 6.45) is 3.10. The minimum atomic E-state index is -0.410. The molecule has 0 saturated carbocycles. The van der Waals surface area contributed by atoms with Gasteiger partial charge in [0.05, 0.1) is 6.42 Å². The number of rotatable bonds is 6. The van der Waals surface area contributed by atoms with Crippen molar-refractivity contribution in [2.24, 2.45) is 0 Å². The Hall–Kier alpha value is -1.84. The van der Waals surface area contributed by atoms with Gasteiger partial charge in [0.1, 0.15) is 6.04 Å². The predicted molar refractivity (Wildman–Crippen MR) is 79.5 cm³/mol. The molecule has 1 aliphatic rings. The van der Waals surface area contributed by atoms with Crippen molar-refractivity contribution in [3.8, 4) is 0 Å². The molecule has 0 aromatic heterocycles. The second kappa shape index (κ2) is 6.55. The van der Waals surface area contributed by atoms with E-state index in [4.69, 9.17) is 0 Å². The molecule has 1 aromatic rings. The van der Waals surface area contributed by atoms with Gasteiger partial charge in [0.25, 0.3) is 5.91 Å². The molecule has 0 bridgehead atoms. The third-order valence-electron chi connectivity index (χ3n) is 3.68. The van der Waals surface area contributed by atoms with E-state index in [1.165, 1.54) is 10.5 Å². The molecule has 0 unspecified atom stereocenters. The molecule has 0 radical (unpaired) electrons. The van der Waals surface area contributed by atoms with E-state index in [-0.39, 0.29) is 18.2 Å². The lowest BCUT2D eigenvalue weighted by molar-refractivity contribution is -0.138. The Kier molecular flexibility index (Phi) is 4.77. The number of unbranched alkanes of at least 4 members (excludes halogenated alkanes) is 1. The number of carbonyl (C=O) groups is 2. The number of hydrogen-bond acceptors (Lipinski definition) is 3. The normalized spacial score (nSPS) is 18.7. The first kappa shape index (κ1) is 14.6.